The number of nitrogens with two attached hydrogens (primary N) is 1. The van der Waals surface area contributed by atoms with Crippen LogP contribution in [0.3, 0.4) is 0 Å². The second-order valence-electron chi connectivity index (χ2n) is 2.31. The van der Waals surface area contributed by atoms with Crippen molar-refractivity contribution in [1.29, 1.82) is 0 Å². The van der Waals surface area contributed by atoms with Gasteiger partial charge in [0.25, 0.3) is 0 Å². The largest absolute Gasteiger partial charge is 0.366 e. The first kappa shape index (κ1) is 8.95. The fraction of sp³-hybridized carbons (Fsp3) is 0.375. The van der Waals surface area contributed by atoms with Gasteiger partial charge in [-0.2, -0.15) is 0 Å². The summed E-state index contributed by atoms with van der Waals surface area (Å²) in [5, 5.41) is 0. The first-order valence-corrected chi connectivity index (χ1v) is 3.17. The van der Waals surface area contributed by atoms with E-state index in [1.807, 2.05) is 6.92 Å². The molecule has 2 heteroatoms. The van der Waals surface area contributed by atoms with E-state index in [1.165, 1.54) is 0 Å². The predicted molar refractivity (Wildman–Crippen MR) is 42.4 cm³/mol. The van der Waals surface area contributed by atoms with Gasteiger partial charge in [0.15, 0.2) is 0 Å². The minimum absolute atomic E-state index is 0.356. The molecule has 1 amide bonds. The number of allylic oxidation sites excluding steroid dienone is 2. The molecular weight excluding hydrogens is 126 g/mol. The average Bonchev–Trinajstić information content (AvgIpc) is 1.81. The maximum atomic E-state index is 10.6. The van der Waals surface area contributed by atoms with E-state index in [-0.39, 0.29) is 5.91 Å². The van der Waals surface area contributed by atoms with Crippen LogP contribution < -0.4 is 5.73 Å². The summed E-state index contributed by atoms with van der Waals surface area (Å²) in [6.45, 7) is 7.34. The molecule has 0 rings (SSSR count). The van der Waals surface area contributed by atoms with E-state index in [2.05, 4.69) is 6.58 Å². The van der Waals surface area contributed by atoms with Crippen LogP contribution in [0.5, 0.6) is 0 Å². The van der Waals surface area contributed by atoms with Crippen molar-refractivity contribution in [2.45, 2.75) is 20.3 Å². The van der Waals surface area contributed by atoms with Gasteiger partial charge in [-0.1, -0.05) is 18.2 Å². The van der Waals surface area contributed by atoms with Crippen molar-refractivity contribution in [3.8, 4) is 0 Å². The Bertz CT molecular complexity index is 180. The average molecular weight is 139 g/mol. The molecule has 0 aliphatic carbocycles. The fourth-order valence-corrected chi connectivity index (χ4v) is 0.657. The van der Waals surface area contributed by atoms with Crippen molar-refractivity contribution < 1.29 is 4.79 Å². The second kappa shape index (κ2) is 3.88. The van der Waals surface area contributed by atoms with E-state index in [4.69, 9.17) is 5.73 Å². The zero-order chi connectivity index (χ0) is 8.15. The molecule has 0 aromatic rings. The van der Waals surface area contributed by atoms with Crippen LogP contribution >= 0.6 is 0 Å². The summed E-state index contributed by atoms with van der Waals surface area (Å²) in [5.74, 6) is -0.356. The molecule has 0 unspecified atom stereocenters. The molecule has 0 spiro atoms. The Kier molecular flexibility index (Phi) is 3.47. The van der Waals surface area contributed by atoms with Gasteiger partial charge < -0.3 is 5.73 Å². The standard InChI is InChI=1S/C8H13NO/c1-4-7(8(9)10)5-6(2)3/h4H,2,5H2,1,3H3,(H2,9,10). The molecule has 2 nitrogen and oxygen atoms in total. The molecule has 2 N–H and O–H groups in total. The van der Waals surface area contributed by atoms with E-state index in [0.717, 1.165) is 5.57 Å². The second-order valence-corrected chi connectivity index (χ2v) is 2.31. The Balaban J connectivity index is 4.12. The smallest absolute Gasteiger partial charge is 0.244 e. The zero-order valence-corrected chi connectivity index (χ0v) is 6.48. The van der Waals surface area contributed by atoms with Gasteiger partial charge in [0, 0.05) is 5.57 Å². The molecule has 0 saturated carbocycles. The Morgan fingerprint density at radius 3 is 2.30 bits per heavy atom. The topological polar surface area (TPSA) is 43.1 Å². The number of hydrogen-bond acceptors (Lipinski definition) is 1. The van der Waals surface area contributed by atoms with Crippen molar-refractivity contribution in [2.24, 2.45) is 5.73 Å². The lowest BCUT2D eigenvalue weighted by Gasteiger charge is -1.99. The first-order chi connectivity index (χ1) is 4.57. The highest BCUT2D eigenvalue weighted by Crippen LogP contribution is 2.06. The summed E-state index contributed by atoms with van der Waals surface area (Å²) >= 11 is 0. The monoisotopic (exact) mass is 139 g/mol. The van der Waals surface area contributed by atoms with Crippen LogP contribution in [-0.2, 0) is 4.79 Å². The summed E-state index contributed by atoms with van der Waals surface area (Å²) in [6.07, 6.45) is 2.31. The molecule has 0 radical (unpaired) electrons. The van der Waals surface area contributed by atoms with Crippen LogP contribution in [0.15, 0.2) is 23.8 Å². The number of rotatable bonds is 3. The Labute approximate surface area is 61.4 Å². The van der Waals surface area contributed by atoms with Crippen molar-refractivity contribution >= 4 is 5.91 Å². The van der Waals surface area contributed by atoms with Crippen LogP contribution in [0.4, 0.5) is 0 Å². The third kappa shape index (κ3) is 3.07. The normalized spacial score (nSPS) is 11.2. The highest BCUT2D eigenvalue weighted by molar-refractivity contribution is 5.92. The lowest BCUT2D eigenvalue weighted by molar-refractivity contribution is -0.114. The predicted octanol–water partition coefficient (Wildman–Crippen LogP) is 1.38. The van der Waals surface area contributed by atoms with Gasteiger partial charge in [-0.05, 0) is 20.3 Å². The lowest BCUT2D eigenvalue weighted by Crippen LogP contribution is -2.13. The lowest BCUT2D eigenvalue weighted by atomic mass is 10.1. The third-order valence-electron chi connectivity index (χ3n) is 1.16. The summed E-state index contributed by atoms with van der Waals surface area (Å²) in [4.78, 5) is 10.6. The Morgan fingerprint density at radius 1 is 1.70 bits per heavy atom. The van der Waals surface area contributed by atoms with Gasteiger partial charge in [0.05, 0.1) is 0 Å². The third-order valence-corrected chi connectivity index (χ3v) is 1.16. The molecule has 56 valence electrons. The van der Waals surface area contributed by atoms with Crippen molar-refractivity contribution in [3.05, 3.63) is 23.8 Å². The van der Waals surface area contributed by atoms with Crippen molar-refractivity contribution in [2.75, 3.05) is 0 Å². The van der Waals surface area contributed by atoms with E-state index < -0.39 is 0 Å². The number of hydrogen-bond donors (Lipinski definition) is 1. The number of carbonyl (C=O) groups is 1. The van der Waals surface area contributed by atoms with Crippen LogP contribution in [0, 0.1) is 0 Å². The minimum atomic E-state index is -0.356. The minimum Gasteiger partial charge on any atom is -0.366 e. The summed E-state index contributed by atoms with van der Waals surface area (Å²) in [6, 6.07) is 0. The number of carbonyl (C=O) groups excluding carboxylic acids is 1. The highest BCUT2D eigenvalue weighted by Gasteiger charge is 2.01. The van der Waals surface area contributed by atoms with Gasteiger partial charge in [-0.25, -0.2) is 0 Å². The molecule has 0 fully saturated rings. The van der Waals surface area contributed by atoms with Crippen LogP contribution in [-0.4, -0.2) is 5.91 Å². The molecule has 0 atom stereocenters. The molecule has 0 aromatic carbocycles. The van der Waals surface area contributed by atoms with E-state index in [9.17, 15) is 4.79 Å². The highest BCUT2D eigenvalue weighted by atomic mass is 16.1. The number of primary amides is 1. The summed E-state index contributed by atoms with van der Waals surface area (Å²) in [5.41, 5.74) is 6.63. The molecule has 0 aromatic heterocycles. The van der Waals surface area contributed by atoms with Gasteiger partial charge in [0.1, 0.15) is 0 Å². The van der Waals surface area contributed by atoms with Gasteiger partial charge in [-0.15, -0.1) is 0 Å². The molecular formula is C8H13NO. The maximum Gasteiger partial charge on any atom is 0.244 e. The van der Waals surface area contributed by atoms with Crippen molar-refractivity contribution in [1.82, 2.24) is 0 Å². The van der Waals surface area contributed by atoms with Crippen LogP contribution in [0.1, 0.15) is 20.3 Å². The molecule has 0 aliphatic rings. The van der Waals surface area contributed by atoms with Gasteiger partial charge in [-0.3, -0.25) is 4.79 Å². The SMILES string of the molecule is C=C(C)CC(=CC)C(N)=O. The van der Waals surface area contributed by atoms with Gasteiger partial charge >= 0.3 is 0 Å². The molecule has 0 heterocycles. The Morgan fingerprint density at radius 2 is 2.20 bits per heavy atom. The molecule has 10 heavy (non-hydrogen) atoms. The van der Waals surface area contributed by atoms with Crippen molar-refractivity contribution in [3.63, 3.8) is 0 Å². The van der Waals surface area contributed by atoms with E-state index in [0.29, 0.717) is 12.0 Å². The van der Waals surface area contributed by atoms with Crippen LogP contribution in [0.25, 0.3) is 0 Å². The zero-order valence-electron chi connectivity index (χ0n) is 6.48. The maximum absolute atomic E-state index is 10.6. The van der Waals surface area contributed by atoms with E-state index >= 15 is 0 Å². The quantitative estimate of drug-likeness (QED) is 0.466. The molecule has 0 bridgehead atoms. The fourth-order valence-electron chi connectivity index (χ4n) is 0.657. The summed E-state index contributed by atoms with van der Waals surface area (Å²) < 4.78 is 0. The van der Waals surface area contributed by atoms with Crippen LogP contribution in [0.2, 0.25) is 0 Å². The first-order valence-electron chi connectivity index (χ1n) is 3.17. The molecule has 0 aliphatic heterocycles. The Hall–Kier alpha value is -1.05. The molecule has 0 saturated heterocycles. The number of amides is 1. The van der Waals surface area contributed by atoms with E-state index in [1.54, 1.807) is 13.0 Å². The van der Waals surface area contributed by atoms with Gasteiger partial charge in [0.2, 0.25) is 5.91 Å². The summed E-state index contributed by atoms with van der Waals surface area (Å²) in [7, 11) is 0.